The highest BCUT2D eigenvalue weighted by molar-refractivity contribution is 5.56. The van der Waals surface area contributed by atoms with Gasteiger partial charge in [0.05, 0.1) is 0 Å². The van der Waals surface area contributed by atoms with Crippen molar-refractivity contribution in [1.82, 2.24) is 14.9 Å². The Bertz CT molecular complexity index is 364. The van der Waals surface area contributed by atoms with Gasteiger partial charge in [-0.05, 0) is 33.5 Å². The lowest BCUT2D eigenvalue weighted by atomic mass is 10.1. The Morgan fingerprint density at radius 1 is 1.17 bits per heavy atom. The van der Waals surface area contributed by atoms with Gasteiger partial charge < -0.3 is 15.5 Å². The minimum Gasteiger partial charge on any atom is -0.383 e. The van der Waals surface area contributed by atoms with Gasteiger partial charge in [0.15, 0.2) is 0 Å². The van der Waals surface area contributed by atoms with Gasteiger partial charge in [0, 0.05) is 19.2 Å². The number of hydrogen-bond acceptors (Lipinski definition) is 5. The molecule has 0 saturated heterocycles. The van der Waals surface area contributed by atoms with Crippen LogP contribution in [0.5, 0.6) is 0 Å². The van der Waals surface area contributed by atoms with Gasteiger partial charge in [-0.15, -0.1) is 0 Å². The highest BCUT2D eigenvalue weighted by Gasteiger charge is 2.12. The van der Waals surface area contributed by atoms with Crippen LogP contribution >= 0.6 is 0 Å². The van der Waals surface area contributed by atoms with E-state index in [0.29, 0.717) is 5.82 Å². The summed E-state index contributed by atoms with van der Waals surface area (Å²) in [4.78, 5) is 12.8. The van der Waals surface area contributed by atoms with E-state index < -0.39 is 0 Å². The molecular weight excluding hydrogens is 226 g/mol. The summed E-state index contributed by atoms with van der Waals surface area (Å²) in [5.74, 6) is 1.59. The maximum Gasteiger partial charge on any atom is 0.137 e. The van der Waals surface area contributed by atoms with Crippen molar-refractivity contribution in [2.75, 3.05) is 44.9 Å². The van der Waals surface area contributed by atoms with Crippen LogP contribution in [0, 0.1) is 0 Å². The van der Waals surface area contributed by atoms with E-state index in [2.05, 4.69) is 47.8 Å². The molecule has 5 heteroatoms. The topological polar surface area (TPSA) is 58.3 Å². The number of nitrogens with zero attached hydrogens (tertiary/aromatic N) is 4. The van der Waals surface area contributed by atoms with Gasteiger partial charge in [-0.3, -0.25) is 0 Å². The summed E-state index contributed by atoms with van der Waals surface area (Å²) in [6.07, 6.45) is 4.64. The molecule has 0 fully saturated rings. The summed E-state index contributed by atoms with van der Waals surface area (Å²) in [6, 6.07) is 0. The SMILES string of the molecule is CCCc1c(N)ncnc1N(C)CCCN(C)C. The molecule has 2 N–H and O–H groups in total. The van der Waals surface area contributed by atoms with E-state index in [-0.39, 0.29) is 0 Å². The smallest absolute Gasteiger partial charge is 0.137 e. The molecule has 1 rings (SSSR count). The third-order valence-electron chi connectivity index (χ3n) is 2.92. The summed E-state index contributed by atoms with van der Waals surface area (Å²) < 4.78 is 0. The van der Waals surface area contributed by atoms with Crippen LogP contribution in [0.3, 0.4) is 0 Å². The molecule has 18 heavy (non-hydrogen) atoms. The molecule has 0 unspecified atom stereocenters. The quantitative estimate of drug-likeness (QED) is 0.794. The first-order chi connectivity index (χ1) is 8.56. The van der Waals surface area contributed by atoms with Crippen molar-refractivity contribution in [3.05, 3.63) is 11.9 Å². The summed E-state index contributed by atoms with van der Waals surface area (Å²) in [7, 11) is 6.24. The van der Waals surface area contributed by atoms with Crippen molar-refractivity contribution in [1.29, 1.82) is 0 Å². The molecular formula is C13H25N5. The fourth-order valence-corrected chi connectivity index (χ4v) is 1.96. The average Bonchev–Trinajstić information content (AvgIpc) is 2.31. The Hall–Kier alpha value is -1.36. The zero-order valence-corrected chi connectivity index (χ0v) is 12.0. The van der Waals surface area contributed by atoms with Gasteiger partial charge in [0.2, 0.25) is 0 Å². The van der Waals surface area contributed by atoms with E-state index in [9.17, 15) is 0 Å². The normalized spacial score (nSPS) is 10.9. The van der Waals surface area contributed by atoms with Crippen molar-refractivity contribution in [3.63, 3.8) is 0 Å². The van der Waals surface area contributed by atoms with Crippen molar-refractivity contribution in [3.8, 4) is 0 Å². The van der Waals surface area contributed by atoms with Gasteiger partial charge in [-0.1, -0.05) is 13.3 Å². The summed E-state index contributed by atoms with van der Waals surface area (Å²) >= 11 is 0. The van der Waals surface area contributed by atoms with Crippen LogP contribution in [0.15, 0.2) is 6.33 Å². The molecule has 1 heterocycles. The molecule has 0 atom stereocenters. The fraction of sp³-hybridized carbons (Fsp3) is 0.692. The maximum absolute atomic E-state index is 5.94. The predicted molar refractivity (Wildman–Crippen MR) is 76.9 cm³/mol. The molecule has 0 aliphatic heterocycles. The largest absolute Gasteiger partial charge is 0.383 e. The first-order valence-electron chi connectivity index (χ1n) is 6.51. The van der Waals surface area contributed by atoms with Crippen LogP contribution in [0.25, 0.3) is 0 Å². The Kier molecular flexibility index (Phi) is 5.85. The van der Waals surface area contributed by atoms with E-state index >= 15 is 0 Å². The van der Waals surface area contributed by atoms with E-state index in [1.54, 1.807) is 6.33 Å². The van der Waals surface area contributed by atoms with Gasteiger partial charge in [0.25, 0.3) is 0 Å². The highest BCUT2D eigenvalue weighted by atomic mass is 15.2. The minimum atomic E-state index is 0.612. The standard InChI is InChI=1S/C13H25N5/c1-5-7-11-12(14)15-10-16-13(11)18(4)9-6-8-17(2)3/h10H,5-9H2,1-4H3,(H2,14,15,16). The Labute approximate surface area is 110 Å². The summed E-state index contributed by atoms with van der Waals surface area (Å²) in [6.45, 7) is 4.20. The zero-order chi connectivity index (χ0) is 13.5. The first kappa shape index (κ1) is 14.7. The number of aromatic nitrogens is 2. The summed E-state index contributed by atoms with van der Waals surface area (Å²) in [5, 5.41) is 0. The third-order valence-corrected chi connectivity index (χ3v) is 2.92. The number of nitrogen functional groups attached to an aromatic ring is 1. The van der Waals surface area contributed by atoms with E-state index in [4.69, 9.17) is 5.73 Å². The molecule has 1 aromatic heterocycles. The Morgan fingerprint density at radius 2 is 1.89 bits per heavy atom. The van der Waals surface area contributed by atoms with Crippen LogP contribution in [-0.4, -0.2) is 49.1 Å². The van der Waals surface area contributed by atoms with Crippen molar-refractivity contribution < 1.29 is 0 Å². The molecule has 5 nitrogen and oxygen atoms in total. The van der Waals surface area contributed by atoms with Gasteiger partial charge in [-0.25, -0.2) is 9.97 Å². The van der Waals surface area contributed by atoms with Crippen LogP contribution in [0.4, 0.5) is 11.6 Å². The molecule has 0 amide bonds. The van der Waals surface area contributed by atoms with E-state index in [1.165, 1.54) is 0 Å². The van der Waals surface area contributed by atoms with Crippen molar-refractivity contribution in [2.45, 2.75) is 26.2 Å². The molecule has 1 aromatic rings. The average molecular weight is 251 g/mol. The van der Waals surface area contributed by atoms with Gasteiger partial charge in [0.1, 0.15) is 18.0 Å². The number of hydrogen-bond donors (Lipinski definition) is 1. The molecule has 0 aliphatic rings. The Morgan fingerprint density at radius 3 is 2.50 bits per heavy atom. The van der Waals surface area contributed by atoms with Crippen LogP contribution in [0.2, 0.25) is 0 Å². The molecule has 0 saturated carbocycles. The lowest BCUT2D eigenvalue weighted by molar-refractivity contribution is 0.401. The highest BCUT2D eigenvalue weighted by Crippen LogP contribution is 2.22. The predicted octanol–water partition coefficient (Wildman–Crippen LogP) is 1.40. The first-order valence-corrected chi connectivity index (χ1v) is 6.51. The van der Waals surface area contributed by atoms with Crippen LogP contribution < -0.4 is 10.6 Å². The lowest BCUT2D eigenvalue weighted by Gasteiger charge is -2.22. The molecule has 102 valence electrons. The monoisotopic (exact) mass is 251 g/mol. The second-order valence-electron chi connectivity index (χ2n) is 4.89. The number of nitrogens with two attached hydrogens (primary N) is 1. The second kappa shape index (κ2) is 7.16. The minimum absolute atomic E-state index is 0.612. The molecule has 0 spiro atoms. The molecule has 0 bridgehead atoms. The summed E-state index contributed by atoms with van der Waals surface area (Å²) in [5.41, 5.74) is 7.01. The zero-order valence-electron chi connectivity index (χ0n) is 12.0. The lowest BCUT2D eigenvalue weighted by Crippen LogP contribution is -2.25. The van der Waals surface area contributed by atoms with Gasteiger partial charge >= 0.3 is 0 Å². The van der Waals surface area contributed by atoms with E-state index in [1.807, 2.05) is 0 Å². The molecule has 0 radical (unpaired) electrons. The number of anilines is 2. The van der Waals surface area contributed by atoms with Gasteiger partial charge in [-0.2, -0.15) is 0 Å². The molecule has 0 aliphatic carbocycles. The Balaban J connectivity index is 2.71. The number of rotatable bonds is 7. The maximum atomic E-state index is 5.94. The van der Waals surface area contributed by atoms with E-state index in [0.717, 1.165) is 43.7 Å². The van der Waals surface area contributed by atoms with Crippen LogP contribution in [0.1, 0.15) is 25.3 Å². The van der Waals surface area contributed by atoms with Crippen LogP contribution in [-0.2, 0) is 6.42 Å². The second-order valence-corrected chi connectivity index (χ2v) is 4.89. The molecule has 0 aromatic carbocycles. The van der Waals surface area contributed by atoms with Crippen molar-refractivity contribution >= 4 is 11.6 Å². The third kappa shape index (κ3) is 4.14. The van der Waals surface area contributed by atoms with Crippen molar-refractivity contribution in [2.24, 2.45) is 0 Å². The fourth-order valence-electron chi connectivity index (χ4n) is 1.96.